The van der Waals surface area contributed by atoms with Gasteiger partial charge in [-0.3, -0.25) is 4.99 Å². The van der Waals surface area contributed by atoms with E-state index in [4.69, 9.17) is 9.41 Å². The molecule has 0 aromatic carbocycles. The van der Waals surface area contributed by atoms with Crippen molar-refractivity contribution in [2.75, 3.05) is 18.8 Å². The Hall–Kier alpha value is -0.900. The molecule has 3 nitrogen and oxygen atoms in total. The summed E-state index contributed by atoms with van der Waals surface area (Å²) in [5, 5.41) is 4.56. The minimum absolute atomic E-state index is 0.523. The topological polar surface area (TPSA) is 37.5 Å². The molecule has 2 aliphatic rings. The Bertz CT molecular complexity index is 421. The maximum atomic E-state index is 5.33. The van der Waals surface area contributed by atoms with E-state index in [0.717, 1.165) is 30.4 Å². The average molecular weight is 278 g/mol. The Labute approximate surface area is 119 Å². The zero-order valence-corrected chi connectivity index (χ0v) is 12.2. The molecule has 1 aromatic heterocycles. The monoisotopic (exact) mass is 278 g/mol. The van der Waals surface area contributed by atoms with E-state index in [1.807, 2.05) is 23.9 Å². The van der Waals surface area contributed by atoms with Crippen LogP contribution < -0.4 is 5.32 Å². The summed E-state index contributed by atoms with van der Waals surface area (Å²) < 4.78 is 5.33. The first-order chi connectivity index (χ1) is 9.36. The molecule has 0 saturated heterocycles. The molecule has 0 radical (unpaired) electrons. The van der Waals surface area contributed by atoms with Crippen molar-refractivity contribution >= 4 is 16.9 Å². The third kappa shape index (κ3) is 3.35. The van der Waals surface area contributed by atoms with Gasteiger partial charge in [-0.25, -0.2) is 0 Å². The van der Waals surface area contributed by atoms with Crippen molar-refractivity contribution in [2.24, 2.45) is 10.4 Å². The fourth-order valence-corrected chi connectivity index (χ4v) is 4.19. The van der Waals surface area contributed by atoms with Crippen LogP contribution in [0.2, 0.25) is 0 Å². The Morgan fingerprint density at radius 1 is 1.32 bits per heavy atom. The summed E-state index contributed by atoms with van der Waals surface area (Å²) in [5.41, 5.74) is 0.523. The molecule has 1 fully saturated rings. The van der Waals surface area contributed by atoms with E-state index in [9.17, 15) is 0 Å². The zero-order valence-electron chi connectivity index (χ0n) is 11.4. The van der Waals surface area contributed by atoms with Gasteiger partial charge in [-0.15, -0.1) is 0 Å². The number of aliphatic imine (C=N–C) groups is 1. The van der Waals surface area contributed by atoms with Crippen LogP contribution in [0, 0.1) is 5.41 Å². The molecule has 2 heterocycles. The highest BCUT2D eigenvalue weighted by atomic mass is 32.2. The molecule has 0 amide bonds. The molecule has 1 N–H and O–H groups in total. The number of furan rings is 1. The van der Waals surface area contributed by atoms with Gasteiger partial charge >= 0.3 is 0 Å². The Kier molecular flexibility index (Phi) is 4.16. The Morgan fingerprint density at radius 2 is 2.21 bits per heavy atom. The van der Waals surface area contributed by atoms with Gasteiger partial charge < -0.3 is 9.73 Å². The van der Waals surface area contributed by atoms with Gasteiger partial charge in [0.1, 0.15) is 5.76 Å². The van der Waals surface area contributed by atoms with Crippen LogP contribution in [-0.4, -0.2) is 24.0 Å². The predicted molar refractivity (Wildman–Crippen MR) is 80.7 cm³/mol. The van der Waals surface area contributed by atoms with Crippen LogP contribution in [0.15, 0.2) is 27.8 Å². The molecule has 0 atom stereocenters. The molecule has 1 aliphatic carbocycles. The molecule has 0 bridgehead atoms. The Balaban J connectivity index is 1.45. The van der Waals surface area contributed by atoms with Crippen molar-refractivity contribution < 1.29 is 4.42 Å². The number of hydrogen-bond donors (Lipinski definition) is 1. The summed E-state index contributed by atoms with van der Waals surface area (Å²) in [6.07, 6.45) is 9.64. The number of thioether (sulfide) groups is 1. The minimum Gasteiger partial charge on any atom is -0.469 e. The van der Waals surface area contributed by atoms with Gasteiger partial charge in [0.2, 0.25) is 0 Å². The second-order valence-electron chi connectivity index (χ2n) is 5.73. The zero-order chi connectivity index (χ0) is 13.0. The molecule has 104 valence electrons. The van der Waals surface area contributed by atoms with Crippen LogP contribution in [0.5, 0.6) is 0 Å². The lowest BCUT2D eigenvalue weighted by Gasteiger charge is -2.38. The molecule has 0 unspecified atom stereocenters. The molecule has 1 saturated carbocycles. The number of nitrogens with zero attached hydrogens (tertiary/aromatic N) is 1. The summed E-state index contributed by atoms with van der Waals surface area (Å²) in [7, 11) is 0. The lowest BCUT2D eigenvalue weighted by molar-refractivity contribution is 0.232. The normalized spacial score (nSPS) is 22.2. The van der Waals surface area contributed by atoms with Gasteiger partial charge in [0.15, 0.2) is 5.17 Å². The minimum atomic E-state index is 0.523. The standard InChI is InChI=1S/C15H22N2OS/c1-2-7-15(8-3-1)11-17-14(19-12-15)16-9-6-13-5-4-10-18-13/h4-5,10H,1-3,6-9,11-12H2,(H,16,17). The van der Waals surface area contributed by atoms with Gasteiger partial charge in [-0.1, -0.05) is 31.0 Å². The van der Waals surface area contributed by atoms with Gasteiger partial charge in [-0.2, -0.15) is 0 Å². The average Bonchev–Trinajstić information content (AvgIpc) is 2.96. The number of amidine groups is 1. The molecule has 3 rings (SSSR count). The molecule has 1 spiro atoms. The number of nitrogens with one attached hydrogen (secondary N) is 1. The molecule has 19 heavy (non-hydrogen) atoms. The Morgan fingerprint density at radius 3 is 2.89 bits per heavy atom. The van der Waals surface area contributed by atoms with E-state index in [-0.39, 0.29) is 0 Å². The quantitative estimate of drug-likeness (QED) is 0.920. The second-order valence-corrected chi connectivity index (χ2v) is 6.69. The van der Waals surface area contributed by atoms with E-state index in [0.29, 0.717) is 5.41 Å². The van der Waals surface area contributed by atoms with Crippen molar-refractivity contribution in [3.8, 4) is 0 Å². The van der Waals surface area contributed by atoms with Crippen LogP contribution in [0.4, 0.5) is 0 Å². The van der Waals surface area contributed by atoms with Crippen LogP contribution in [0.1, 0.15) is 37.9 Å². The maximum Gasteiger partial charge on any atom is 0.156 e. The van der Waals surface area contributed by atoms with Crippen LogP contribution in [0.25, 0.3) is 0 Å². The van der Waals surface area contributed by atoms with E-state index in [1.165, 1.54) is 37.9 Å². The highest BCUT2D eigenvalue weighted by Gasteiger charge is 2.34. The van der Waals surface area contributed by atoms with Gasteiger partial charge in [0.25, 0.3) is 0 Å². The summed E-state index contributed by atoms with van der Waals surface area (Å²) >= 11 is 1.91. The van der Waals surface area contributed by atoms with Crippen LogP contribution in [-0.2, 0) is 6.42 Å². The third-order valence-corrected chi connectivity index (χ3v) is 5.52. The fourth-order valence-electron chi connectivity index (χ4n) is 3.01. The van der Waals surface area contributed by atoms with Crippen LogP contribution >= 0.6 is 11.8 Å². The van der Waals surface area contributed by atoms with E-state index in [2.05, 4.69) is 5.32 Å². The lowest BCUT2D eigenvalue weighted by atomic mass is 9.75. The first-order valence-electron chi connectivity index (χ1n) is 7.30. The lowest BCUT2D eigenvalue weighted by Crippen LogP contribution is -2.37. The number of rotatable bonds is 3. The van der Waals surface area contributed by atoms with E-state index in [1.54, 1.807) is 6.26 Å². The first kappa shape index (κ1) is 13.1. The van der Waals surface area contributed by atoms with Gasteiger partial charge in [-0.05, 0) is 30.4 Å². The predicted octanol–water partition coefficient (Wildman–Crippen LogP) is 3.47. The first-order valence-corrected chi connectivity index (χ1v) is 8.28. The van der Waals surface area contributed by atoms with Crippen molar-refractivity contribution in [1.29, 1.82) is 0 Å². The maximum absolute atomic E-state index is 5.33. The van der Waals surface area contributed by atoms with Gasteiger partial charge in [0.05, 0.1) is 6.26 Å². The van der Waals surface area contributed by atoms with E-state index >= 15 is 0 Å². The second kappa shape index (κ2) is 6.04. The van der Waals surface area contributed by atoms with E-state index < -0.39 is 0 Å². The summed E-state index contributed by atoms with van der Waals surface area (Å²) in [5.74, 6) is 2.29. The smallest absolute Gasteiger partial charge is 0.156 e. The number of hydrogen-bond acceptors (Lipinski definition) is 4. The molecule has 1 aromatic rings. The van der Waals surface area contributed by atoms with Crippen molar-refractivity contribution in [2.45, 2.75) is 38.5 Å². The third-order valence-electron chi connectivity index (χ3n) is 4.22. The van der Waals surface area contributed by atoms with Crippen molar-refractivity contribution in [3.05, 3.63) is 24.2 Å². The highest BCUT2D eigenvalue weighted by Crippen LogP contribution is 2.41. The summed E-state index contributed by atoms with van der Waals surface area (Å²) in [4.78, 5) is 4.76. The highest BCUT2D eigenvalue weighted by molar-refractivity contribution is 8.13. The largest absolute Gasteiger partial charge is 0.469 e. The van der Waals surface area contributed by atoms with Crippen molar-refractivity contribution in [3.63, 3.8) is 0 Å². The molecular weight excluding hydrogens is 256 g/mol. The molecule has 4 heteroatoms. The van der Waals surface area contributed by atoms with Crippen molar-refractivity contribution in [1.82, 2.24) is 5.32 Å². The molecule has 1 aliphatic heterocycles. The summed E-state index contributed by atoms with van der Waals surface area (Å²) in [6.45, 7) is 1.94. The fraction of sp³-hybridized carbons (Fsp3) is 0.667. The SMILES string of the molecule is c1coc(CCNC2=NCC3(CCCCC3)CS2)c1. The van der Waals surface area contributed by atoms with Crippen LogP contribution in [0.3, 0.4) is 0 Å². The molecular formula is C15H22N2OS. The van der Waals surface area contributed by atoms with Gasteiger partial charge in [0, 0.05) is 25.3 Å². The summed E-state index contributed by atoms with van der Waals surface area (Å²) in [6, 6.07) is 3.96.